The third-order valence-electron chi connectivity index (χ3n) is 6.19. The Morgan fingerprint density at radius 3 is 2.62 bits per heavy atom. The fourth-order valence-corrected chi connectivity index (χ4v) is 4.85. The topological polar surface area (TPSA) is 60.7 Å². The summed E-state index contributed by atoms with van der Waals surface area (Å²) in [5, 5.41) is 9.82. The van der Waals surface area contributed by atoms with Crippen LogP contribution in [0.1, 0.15) is 24.8 Å². The molecule has 0 N–H and O–H groups in total. The lowest BCUT2D eigenvalue weighted by atomic mass is 9.66. The summed E-state index contributed by atoms with van der Waals surface area (Å²) in [7, 11) is 1.66. The van der Waals surface area contributed by atoms with Gasteiger partial charge in [0, 0.05) is 17.8 Å². The summed E-state index contributed by atoms with van der Waals surface area (Å²) in [5.41, 5.74) is 2.06. The number of nitriles is 1. The van der Waals surface area contributed by atoms with Gasteiger partial charge >= 0.3 is 0 Å². The molecular weight excluding hydrogens is 330 g/mol. The molecule has 0 aromatic heterocycles. The van der Waals surface area contributed by atoms with Crippen LogP contribution in [0.4, 0.5) is 0 Å². The lowest BCUT2D eigenvalue weighted by Gasteiger charge is -2.44. The van der Waals surface area contributed by atoms with E-state index in [4.69, 9.17) is 18.9 Å². The number of nitrogens with zero attached hydrogens (tertiary/aromatic N) is 1. The van der Waals surface area contributed by atoms with Gasteiger partial charge in [-0.15, -0.1) is 0 Å². The molecule has 2 bridgehead atoms. The van der Waals surface area contributed by atoms with Crippen LogP contribution >= 0.6 is 0 Å². The highest BCUT2D eigenvalue weighted by atomic mass is 16.7. The third-order valence-corrected chi connectivity index (χ3v) is 6.19. The Hall–Kier alpha value is -1.87. The number of hydrogen-bond acceptors (Lipinski definition) is 5. The zero-order valence-electron chi connectivity index (χ0n) is 15.2. The zero-order valence-corrected chi connectivity index (χ0v) is 15.2. The molecule has 138 valence electrons. The summed E-state index contributed by atoms with van der Waals surface area (Å²) < 4.78 is 23.2. The first-order valence-electron chi connectivity index (χ1n) is 9.17. The van der Waals surface area contributed by atoms with Gasteiger partial charge in [0.15, 0.2) is 5.79 Å². The van der Waals surface area contributed by atoms with Crippen LogP contribution in [-0.4, -0.2) is 32.7 Å². The van der Waals surface area contributed by atoms with Crippen LogP contribution in [0.25, 0.3) is 0 Å². The Bertz CT molecular complexity index is 717. The van der Waals surface area contributed by atoms with Gasteiger partial charge in [-0.1, -0.05) is 24.3 Å². The van der Waals surface area contributed by atoms with Gasteiger partial charge in [0.1, 0.15) is 5.75 Å². The fraction of sp³-hybridized carbons (Fsp3) is 0.571. The lowest BCUT2D eigenvalue weighted by molar-refractivity contribution is -0.220. The van der Waals surface area contributed by atoms with Crippen molar-refractivity contribution in [1.29, 1.82) is 5.26 Å². The minimum absolute atomic E-state index is 0.146. The minimum Gasteiger partial charge on any atom is -0.497 e. The molecule has 0 radical (unpaired) electrons. The molecule has 2 saturated carbocycles. The van der Waals surface area contributed by atoms with Crippen molar-refractivity contribution in [1.82, 2.24) is 0 Å². The van der Waals surface area contributed by atoms with Crippen molar-refractivity contribution in [3.05, 3.63) is 42.0 Å². The van der Waals surface area contributed by atoms with E-state index in [9.17, 15) is 5.26 Å². The van der Waals surface area contributed by atoms with E-state index in [2.05, 4.69) is 12.6 Å². The van der Waals surface area contributed by atoms with Crippen LogP contribution in [0.15, 0.2) is 36.4 Å². The number of methoxy groups -OCH3 is 1. The van der Waals surface area contributed by atoms with Crippen LogP contribution in [0, 0.1) is 28.6 Å². The van der Waals surface area contributed by atoms with E-state index in [1.54, 1.807) is 7.11 Å². The molecule has 5 heteroatoms. The van der Waals surface area contributed by atoms with Gasteiger partial charge < -0.3 is 18.9 Å². The van der Waals surface area contributed by atoms with Crippen molar-refractivity contribution in [2.75, 3.05) is 26.9 Å². The lowest BCUT2D eigenvalue weighted by Crippen LogP contribution is -2.49. The van der Waals surface area contributed by atoms with Gasteiger partial charge in [0.05, 0.1) is 45.5 Å². The predicted molar refractivity (Wildman–Crippen MR) is 95.3 cm³/mol. The molecule has 1 spiro atoms. The largest absolute Gasteiger partial charge is 0.497 e. The van der Waals surface area contributed by atoms with E-state index < -0.39 is 5.79 Å². The van der Waals surface area contributed by atoms with Gasteiger partial charge in [0.25, 0.3) is 0 Å². The summed E-state index contributed by atoms with van der Waals surface area (Å²) in [5.74, 6) is 0.222. The van der Waals surface area contributed by atoms with Gasteiger partial charge in [-0.25, -0.2) is 0 Å². The summed E-state index contributed by atoms with van der Waals surface area (Å²) in [6, 6.07) is 10.4. The predicted octanol–water partition coefficient (Wildman–Crippen LogP) is 3.45. The molecule has 1 aromatic carbocycles. The second-order valence-electron chi connectivity index (χ2n) is 7.69. The monoisotopic (exact) mass is 355 g/mol. The SMILES string of the molecule is C=C1CC2(COCc3ccc(OC)cc3)CC1C1(CC2C#N)OCCO1. The number of ether oxygens (including phenoxy) is 4. The third kappa shape index (κ3) is 2.83. The Balaban J connectivity index is 1.45. The van der Waals surface area contributed by atoms with Crippen LogP contribution < -0.4 is 4.74 Å². The van der Waals surface area contributed by atoms with E-state index in [1.807, 2.05) is 24.3 Å². The van der Waals surface area contributed by atoms with Gasteiger partial charge in [-0.05, 0) is 30.5 Å². The summed E-state index contributed by atoms with van der Waals surface area (Å²) in [6.07, 6.45) is 2.28. The maximum absolute atomic E-state index is 9.82. The number of benzene rings is 1. The first kappa shape index (κ1) is 17.5. The molecule has 3 unspecified atom stereocenters. The fourth-order valence-electron chi connectivity index (χ4n) is 4.85. The molecule has 3 atom stereocenters. The molecule has 2 aliphatic carbocycles. The Morgan fingerprint density at radius 1 is 1.23 bits per heavy atom. The smallest absolute Gasteiger partial charge is 0.176 e. The van der Waals surface area contributed by atoms with Crippen molar-refractivity contribution in [2.24, 2.45) is 17.3 Å². The Labute approximate surface area is 154 Å². The standard InChI is InChI=1S/C21H25NO4/c1-15-9-20(14-24-13-16-3-5-18(23-2)6-4-16)11-19(15)21(10-17(20)12-22)25-7-8-26-21/h3-6,17,19H,1,7-11,13-14H2,2H3. The maximum Gasteiger partial charge on any atom is 0.176 e. The average molecular weight is 355 g/mol. The van der Waals surface area contributed by atoms with E-state index in [1.165, 1.54) is 0 Å². The molecule has 1 aromatic rings. The molecule has 0 amide bonds. The van der Waals surface area contributed by atoms with Crippen LogP contribution in [-0.2, 0) is 20.8 Å². The number of rotatable bonds is 5. The van der Waals surface area contributed by atoms with Crippen LogP contribution in [0.3, 0.4) is 0 Å². The van der Waals surface area contributed by atoms with Crippen molar-refractivity contribution in [3.63, 3.8) is 0 Å². The van der Waals surface area contributed by atoms with E-state index in [0.717, 1.165) is 29.7 Å². The van der Waals surface area contributed by atoms with Crippen LogP contribution in [0.5, 0.6) is 5.75 Å². The van der Waals surface area contributed by atoms with Crippen molar-refractivity contribution in [2.45, 2.75) is 31.7 Å². The molecule has 1 saturated heterocycles. The molecule has 4 rings (SSSR count). The van der Waals surface area contributed by atoms with Crippen molar-refractivity contribution < 1.29 is 18.9 Å². The highest BCUT2D eigenvalue weighted by Gasteiger charge is 2.62. The quantitative estimate of drug-likeness (QED) is 0.757. The Kier molecular flexibility index (Phi) is 4.52. The molecular formula is C21H25NO4. The average Bonchev–Trinajstić information content (AvgIpc) is 3.24. The first-order chi connectivity index (χ1) is 12.6. The summed E-state index contributed by atoms with van der Waals surface area (Å²) >= 11 is 0. The molecule has 1 aliphatic heterocycles. The minimum atomic E-state index is -0.631. The number of hydrogen-bond donors (Lipinski definition) is 0. The highest BCUT2D eigenvalue weighted by Crippen LogP contribution is 2.61. The summed E-state index contributed by atoms with van der Waals surface area (Å²) in [6.45, 7) is 6.56. The number of fused-ring (bicyclic) bond motifs is 3. The van der Waals surface area contributed by atoms with E-state index in [-0.39, 0.29) is 17.3 Å². The van der Waals surface area contributed by atoms with Gasteiger partial charge in [0.2, 0.25) is 0 Å². The van der Waals surface area contributed by atoms with Crippen molar-refractivity contribution in [3.8, 4) is 11.8 Å². The zero-order chi connectivity index (χ0) is 18.2. The van der Waals surface area contributed by atoms with E-state index >= 15 is 0 Å². The molecule has 1 heterocycles. The second-order valence-corrected chi connectivity index (χ2v) is 7.69. The van der Waals surface area contributed by atoms with Crippen LogP contribution in [0.2, 0.25) is 0 Å². The Morgan fingerprint density at radius 2 is 1.96 bits per heavy atom. The molecule has 26 heavy (non-hydrogen) atoms. The normalized spacial score (nSPS) is 31.9. The molecule has 5 nitrogen and oxygen atoms in total. The second kappa shape index (κ2) is 6.70. The highest BCUT2D eigenvalue weighted by molar-refractivity contribution is 5.27. The molecule has 3 fully saturated rings. The first-order valence-corrected chi connectivity index (χ1v) is 9.17. The van der Waals surface area contributed by atoms with E-state index in [0.29, 0.717) is 32.8 Å². The van der Waals surface area contributed by atoms with Gasteiger partial charge in [-0.3, -0.25) is 0 Å². The van der Waals surface area contributed by atoms with Gasteiger partial charge in [-0.2, -0.15) is 5.26 Å². The maximum atomic E-state index is 9.82. The summed E-state index contributed by atoms with van der Waals surface area (Å²) in [4.78, 5) is 0. The molecule has 3 aliphatic rings. The van der Waals surface area contributed by atoms with Crippen molar-refractivity contribution >= 4 is 0 Å².